The van der Waals surface area contributed by atoms with E-state index in [0.29, 0.717) is 36.6 Å². The van der Waals surface area contributed by atoms with Crippen LogP contribution >= 0.6 is 58.2 Å². The number of hydrogen-bond donors (Lipinski definition) is 1. The van der Waals surface area contributed by atoms with Gasteiger partial charge in [0.25, 0.3) is 0 Å². The van der Waals surface area contributed by atoms with Crippen molar-refractivity contribution in [2.24, 2.45) is 0 Å². The summed E-state index contributed by atoms with van der Waals surface area (Å²) < 4.78 is 1.65. The molecule has 10 heteroatoms. The van der Waals surface area contributed by atoms with Gasteiger partial charge in [-0.2, -0.15) is 0 Å². The highest BCUT2D eigenvalue weighted by atomic mass is 35.5. The quantitative estimate of drug-likeness (QED) is 0.552. The SMILES string of the molecule is CC(Sc1nnc2c(Cl)cc(Cl)cn12)C(=O)Nc1ccc(Cl)cc1Cl. The Bertz CT molecular complexity index is 962. The van der Waals surface area contributed by atoms with E-state index in [-0.39, 0.29) is 5.91 Å². The van der Waals surface area contributed by atoms with E-state index in [1.807, 2.05) is 0 Å². The summed E-state index contributed by atoms with van der Waals surface area (Å²) in [5.74, 6) is -0.237. The number of nitrogens with one attached hydrogen (secondary N) is 1. The lowest BCUT2D eigenvalue weighted by Gasteiger charge is -2.12. The number of anilines is 1. The number of carbonyl (C=O) groups is 1. The highest BCUT2D eigenvalue weighted by Gasteiger charge is 2.20. The molecule has 1 amide bonds. The minimum absolute atomic E-state index is 0.237. The van der Waals surface area contributed by atoms with Crippen molar-refractivity contribution in [1.82, 2.24) is 14.6 Å². The number of benzene rings is 1. The van der Waals surface area contributed by atoms with Crippen molar-refractivity contribution in [2.75, 3.05) is 5.32 Å². The first kappa shape index (κ1) is 18.6. The Hall–Kier alpha value is -1.18. The predicted molar refractivity (Wildman–Crippen MR) is 103 cm³/mol. The van der Waals surface area contributed by atoms with Gasteiger partial charge in [-0.25, -0.2) is 0 Å². The van der Waals surface area contributed by atoms with Gasteiger partial charge in [-0.3, -0.25) is 9.20 Å². The molecular weight excluding hydrogens is 426 g/mol. The second-order valence-electron chi connectivity index (χ2n) is 5.06. The first-order valence-corrected chi connectivity index (χ1v) is 9.36. The molecule has 25 heavy (non-hydrogen) atoms. The van der Waals surface area contributed by atoms with Crippen LogP contribution in [0.5, 0.6) is 0 Å². The van der Waals surface area contributed by atoms with E-state index in [4.69, 9.17) is 46.4 Å². The topological polar surface area (TPSA) is 59.3 Å². The number of pyridine rings is 1. The molecule has 0 saturated heterocycles. The van der Waals surface area contributed by atoms with Gasteiger partial charge >= 0.3 is 0 Å². The standard InChI is InChI=1S/C15H10Cl4N4OS/c1-7(14(24)20-12-3-2-8(16)4-10(12)18)25-15-22-21-13-11(19)5-9(17)6-23(13)15/h2-7H,1H3,(H,20,24). The molecule has 2 aromatic heterocycles. The number of thioether (sulfide) groups is 1. The summed E-state index contributed by atoms with van der Waals surface area (Å²) in [5, 5.41) is 12.6. The average molecular weight is 436 g/mol. The molecule has 0 aliphatic heterocycles. The minimum atomic E-state index is -0.461. The number of aromatic nitrogens is 3. The predicted octanol–water partition coefficient (Wildman–Crippen LogP) is 5.46. The van der Waals surface area contributed by atoms with Crippen molar-refractivity contribution >= 4 is 75.4 Å². The highest BCUT2D eigenvalue weighted by molar-refractivity contribution is 8.00. The van der Waals surface area contributed by atoms with Crippen LogP contribution < -0.4 is 5.32 Å². The molecule has 1 unspecified atom stereocenters. The third-order valence-electron chi connectivity index (χ3n) is 3.24. The fourth-order valence-corrected chi connectivity index (χ4v) is 3.81. The molecule has 0 bridgehead atoms. The van der Waals surface area contributed by atoms with E-state index in [1.165, 1.54) is 11.8 Å². The van der Waals surface area contributed by atoms with Crippen LogP contribution in [0.4, 0.5) is 5.69 Å². The lowest BCUT2D eigenvalue weighted by Crippen LogP contribution is -2.22. The van der Waals surface area contributed by atoms with Gasteiger partial charge in [0, 0.05) is 11.2 Å². The number of rotatable bonds is 4. The summed E-state index contributed by atoms with van der Waals surface area (Å²) in [7, 11) is 0. The van der Waals surface area contributed by atoms with E-state index in [2.05, 4.69) is 15.5 Å². The summed E-state index contributed by atoms with van der Waals surface area (Å²) in [6.07, 6.45) is 1.64. The van der Waals surface area contributed by atoms with Crippen LogP contribution in [0, 0.1) is 0 Å². The smallest absolute Gasteiger partial charge is 0.237 e. The second kappa shape index (κ2) is 7.60. The van der Waals surface area contributed by atoms with Gasteiger partial charge in [-0.05, 0) is 31.2 Å². The number of hydrogen-bond acceptors (Lipinski definition) is 4. The third-order valence-corrected chi connectivity index (χ3v) is 5.33. The minimum Gasteiger partial charge on any atom is -0.324 e. The Morgan fingerprint density at radius 3 is 2.56 bits per heavy atom. The van der Waals surface area contributed by atoms with Gasteiger partial charge < -0.3 is 5.32 Å². The van der Waals surface area contributed by atoms with Crippen molar-refractivity contribution in [3.8, 4) is 0 Å². The van der Waals surface area contributed by atoms with Crippen molar-refractivity contribution in [3.05, 3.63) is 50.6 Å². The molecule has 0 spiro atoms. The van der Waals surface area contributed by atoms with Crippen LogP contribution in [0.25, 0.3) is 5.65 Å². The molecule has 0 aliphatic rings. The molecular formula is C15H10Cl4N4OS. The van der Waals surface area contributed by atoms with Crippen molar-refractivity contribution in [1.29, 1.82) is 0 Å². The molecule has 3 rings (SSSR count). The number of nitrogens with zero attached hydrogens (tertiary/aromatic N) is 3. The summed E-state index contributed by atoms with van der Waals surface area (Å²) in [6.45, 7) is 1.75. The Kier molecular flexibility index (Phi) is 5.65. The van der Waals surface area contributed by atoms with E-state index < -0.39 is 5.25 Å². The number of amides is 1. The highest BCUT2D eigenvalue weighted by Crippen LogP contribution is 2.29. The van der Waals surface area contributed by atoms with Gasteiger partial charge in [-0.15, -0.1) is 10.2 Å². The maximum Gasteiger partial charge on any atom is 0.237 e. The van der Waals surface area contributed by atoms with Crippen LogP contribution in [-0.2, 0) is 4.79 Å². The van der Waals surface area contributed by atoms with Gasteiger partial charge in [0.15, 0.2) is 10.8 Å². The first-order chi connectivity index (χ1) is 11.8. The lowest BCUT2D eigenvalue weighted by molar-refractivity contribution is -0.115. The fraction of sp³-hybridized carbons (Fsp3) is 0.133. The van der Waals surface area contributed by atoms with E-state index in [9.17, 15) is 4.79 Å². The summed E-state index contributed by atoms with van der Waals surface area (Å²) in [4.78, 5) is 12.4. The maximum absolute atomic E-state index is 12.4. The Morgan fingerprint density at radius 2 is 1.84 bits per heavy atom. The second-order valence-corrected chi connectivity index (χ2v) is 8.05. The normalized spacial score (nSPS) is 12.4. The molecule has 1 atom stereocenters. The van der Waals surface area contributed by atoms with Crippen LogP contribution in [0.1, 0.15) is 6.92 Å². The van der Waals surface area contributed by atoms with Crippen molar-refractivity contribution in [2.45, 2.75) is 17.3 Å². The van der Waals surface area contributed by atoms with Gasteiger partial charge in [0.1, 0.15) is 0 Å². The van der Waals surface area contributed by atoms with Crippen LogP contribution in [0.15, 0.2) is 35.6 Å². The Labute approximate surface area is 167 Å². The van der Waals surface area contributed by atoms with Crippen LogP contribution in [0.3, 0.4) is 0 Å². The zero-order valence-corrected chi connectivity index (χ0v) is 16.5. The van der Waals surface area contributed by atoms with Crippen LogP contribution in [0.2, 0.25) is 20.1 Å². The molecule has 2 heterocycles. The molecule has 1 N–H and O–H groups in total. The van der Waals surface area contributed by atoms with E-state index >= 15 is 0 Å². The number of carbonyl (C=O) groups excluding carboxylic acids is 1. The molecule has 1 aromatic carbocycles. The van der Waals surface area contributed by atoms with Gasteiger partial charge in [0.2, 0.25) is 5.91 Å². The third kappa shape index (κ3) is 4.15. The Morgan fingerprint density at radius 1 is 1.12 bits per heavy atom. The molecule has 0 radical (unpaired) electrons. The van der Waals surface area contributed by atoms with E-state index in [1.54, 1.807) is 41.8 Å². The zero-order chi connectivity index (χ0) is 18.1. The summed E-state index contributed by atoms with van der Waals surface area (Å²) >= 11 is 25.3. The molecule has 0 saturated carbocycles. The molecule has 3 aromatic rings. The number of halogens is 4. The average Bonchev–Trinajstić information content (AvgIpc) is 2.93. The van der Waals surface area contributed by atoms with Gasteiger partial charge in [0.05, 0.1) is 26.0 Å². The number of fused-ring (bicyclic) bond motifs is 1. The molecule has 0 fully saturated rings. The largest absolute Gasteiger partial charge is 0.324 e. The molecule has 0 aliphatic carbocycles. The monoisotopic (exact) mass is 434 g/mol. The van der Waals surface area contributed by atoms with Crippen molar-refractivity contribution in [3.63, 3.8) is 0 Å². The first-order valence-electron chi connectivity index (χ1n) is 6.97. The van der Waals surface area contributed by atoms with E-state index in [0.717, 1.165) is 0 Å². The molecule has 130 valence electrons. The zero-order valence-electron chi connectivity index (χ0n) is 12.6. The summed E-state index contributed by atoms with van der Waals surface area (Å²) in [5.41, 5.74) is 0.961. The van der Waals surface area contributed by atoms with Gasteiger partial charge in [-0.1, -0.05) is 58.2 Å². The Balaban J connectivity index is 1.78. The fourth-order valence-electron chi connectivity index (χ4n) is 2.02. The summed E-state index contributed by atoms with van der Waals surface area (Å²) in [6, 6.07) is 6.44. The lowest BCUT2D eigenvalue weighted by atomic mass is 10.3. The molecule has 5 nitrogen and oxygen atoms in total. The maximum atomic E-state index is 12.4. The van der Waals surface area contributed by atoms with Crippen LogP contribution in [-0.4, -0.2) is 25.8 Å². The van der Waals surface area contributed by atoms with Crippen molar-refractivity contribution < 1.29 is 4.79 Å².